The van der Waals surface area contributed by atoms with E-state index in [0.29, 0.717) is 12.2 Å². The lowest BCUT2D eigenvalue weighted by Crippen LogP contribution is -2.61. The van der Waals surface area contributed by atoms with Crippen LogP contribution in [0.5, 0.6) is 5.75 Å². The van der Waals surface area contributed by atoms with E-state index in [1.807, 2.05) is 12.1 Å². The van der Waals surface area contributed by atoms with Gasteiger partial charge in [0.05, 0.1) is 12.7 Å². The van der Waals surface area contributed by atoms with Gasteiger partial charge in [0, 0.05) is 0 Å². The van der Waals surface area contributed by atoms with Gasteiger partial charge in [0.1, 0.15) is 48.5 Å². The first-order valence-corrected chi connectivity index (χ1v) is 10.1. The summed E-state index contributed by atoms with van der Waals surface area (Å²) in [7, 11) is 0. The molecule has 0 saturated carbocycles. The van der Waals surface area contributed by atoms with Crippen molar-refractivity contribution in [2.24, 2.45) is 0 Å². The zero-order valence-electron chi connectivity index (χ0n) is 17.1. The molecule has 0 radical (unpaired) electrons. The van der Waals surface area contributed by atoms with E-state index in [1.165, 1.54) is 6.92 Å². The molecule has 31 heavy (non-hydrogen) atoms. The summed E-state index contributed by atoms with van der Waals surface area (Å²) in [6, 6.07) is 7.00. The predicted octanol–water partition coefficient (Wildman–Crippen LogP) is -1.55. The lowest BCUT2D eigenvalue weighted by molar-refractivity contribution is -0.318. The topological polar surface area (TPSA) is 158 Å². The largest absolute Gasteiger partial charge is 0.462 e. The molecule has 3 rings (SSSR count). The van der Waals surface area contributed by atoms with Crippen molar-refractivity contribution >= 4 is 0 Å². The molecular weight excluding hydrogens is 412 g/mol. The molecule has 6 N–H and O–H groups in total. The van der Waals surface area contributed by atoms with Gasteiger partial charge in [-0.3, -0.25) is 0 Å². The Balaban J connectivity index is 1.62. The Bertz CT molecular complexity index is 713. The fourth-order valence-electron chi connectivity index (χ4n) is 3.50. The van der Waals surface area contributed by atoms with Gasteiger partial charge in [-0.25, -0.2) is 0 Å². The molecular formula is C21H30O10. The molecule has 2 saturated heterocycles. The van der Waals surface area contributed by atoms with Crippen LogP contribution >= 0.6 is 0 Å². The number of hydrogen-bond donors (Lipinski definition) is 6. The van der Waals surface area contributed by atoms with Gasteiger partial charge < -0.3 is 49.6 Å². The van der Waals surface area contributed by atoms with Gasteiger partial charge in [0.25, 0.3) is 0 Å². The highest BCUT2D eigenvalue weighted by molar-refractivity contribution is 5.28. The van der Waals surface area contributed by atoms with Crippen molar-refractivity contribution in [3.63, 3.8) is 0 Å². The van der Waals surface area contributed by atoms with Gasteiger partial charge in [-0.2, -0.15) is 0 Å². The molecule has 1 aromatic carbocycles. The molecule has 2 fully saturated rings. The number of aliphatic hydroxyl groups is 6. The van der Waals surface area contributed by atoms with Crippen LogP contribution in [0.25, 0.3) is 0 Å². The van der Waals surface area contributed by atoms with Crippen LogP contribution in [0.1, 0.15) is 12.5 Å². The van der Waals surface area contributed by atoms with Crippen LogP contribution in [-0.2, 0) is 20.6 Å². The average Bonchev–Trinajstić information content (AvgIpc) is 2.76. The summed E-state index contributed by atoms with van der Waals surface area (Å²) in [6.07, 6.45) is -10.9. The van der Waals surface area contributed by atoms with Gasteiger partial charge in [-0.1, -0.05) is 18.2 Å². The second-order valence-electron chi connectivity index (χ2n) is 7.78. The van der Waals surface area contributed by atoms with Crippen LogP contribution in [0.4, 0.5) is 0 Å². The van der Waals surface area contributed by atoms with Crippen molar-refractivity contribution in [3.05, 3.63) is 42.5 Å². The molecule has 10 atom stereocenters. The molecule has 0 bridgehead atoms. The fourth-order valence-corrected chi connectivity index (χ4v) is 3.50. The van der Waals surface area contributed by atoms with E-state index in [4.69, 9.17) is 18.9 Å². The van der Waals surface area contributed by atoms with Crippen molar-refractivity contribution in [3.8, 4) is 5.75 Å². The number of rotatable bonds is 7. The zero-order valence-corrected chi connectivity index (χ0v) is 17.1. The first kappa shape index (κ1) is 24.1. The van der Waals surface area contributed by atoms with E-state index in [1.54, 1.807) is 18.2 Å². The number of benzene rings is 1. The number of hydrogen-bond acceptors (Lipinski definition) is 10. The van der Waals surface area contributed by atoms with Crippen LogP contribution in [-0.4, -0.2) is 98.7 Å². The van der Waals surface area contributed by atoms with Gasteiger partial charge in [0.2, 0.25) is 6.29 Å². The predicted molar refractivity (Wildman–Crippen MR) is 106 cm³/mol. The summed E-state index contributed by atoms with van der Waals surface area (Å²) in [5, 5.41) is 60.4. The maximum absolute atomic E-state index is 10.3. The van der Waals surface area contributed by atoms with Crippen LogP contribution in [0.15, 0.2) is 36.9 Å². The molecule has 0 aromatic heterocycles. The molecule has 0 aliphatic carbocycles. The molecule has 0 spiro atoms. The standard InChI is InChI=1S/C21H30O10/c1-3-4-11-5-7-12(8-6-11)30-21-19(27)17(25)15(23)13(31-21)9-28-20-18(26)16(24)14(22)10(2)29-20/h3,5-8,10,13-27H,1,4,9H2,2H3/t10-,13+,14-,15+,16+,17-,18+,19+,20+,21+/m0/s1. The van der Waals surface area contributed by atoms with Crippen molar-refractivity contribution in [2.75, 3.05) is 6.61 Å². The summed E-state index contributed by atoms with van der Waals surface area (Å²) in [5.41, 5.74) is 1.02. The van der Waals surface area contributed by atoms with E-state index in [-0.39, 0.29) is 6.61 Å². The lowest BCUT2D eigenvalue weighted by atomic mass is 9.98. The van der Waals surface area contributed by atoms with Gasteiger partial charge in [-0.05, 0) is 31.0 Å². The number of ether oxygens (including phenoxy) is 4. The summed E-state index contributed by atoms with van der Waals surface area (Å²) < 4.78 is 22.0. The van der Waals surface area contributed by atoms with Crippen molar-refractivity contribution in [1.29, 1.82) is 0 Å². The Morgan fingerprint density at radius 1 is 0.839 bits per heavy atom. The SMILES string of the molecule is C=CCc1ccc(O[C@@H]2O[C@H](CO[C@@H]3O[C@@H](C)[C@H](O)[C@@H](O)[C@H]3O)[C@@H](O)[C@H](O)[C@H]2O)cc1. The molecule has 0 amide bonds. The summed E-state index contributed by atoms with van der Waals surface area (Å²) in [6.45, 7) is 4.83. The minimum Gasteiger partial charge on any atom is -0.462 e. The van der Waals surface area contributed by atoms with E-state index >= 15 is 0 Å². The van der Waals surface area contributed by atoms with Crippen LogP contribution in [0.2, 0.25) is 0 Å². The van der Waals surface area contributed by atoms with Crippen molar-refractivity contribution in [2.45, 2.75) is 74.8 Å². The zero-order chi connectivity index (χ0) is 22.7. The van der Waals surface area contributed by atoms with Crippen molar-refractivity contribution < 1.29 is 49.6 Å². The second-order valence-corrected chi connectivity index (χ2v) is 7.78. The summed E-state index contributed by atoms with van der Waals surface area (Å²) in [5.74, 6) is 0.386. The molecule has 10 heteroatoms. The quantitative estimate of drug-likeness (QED) is 0.273. The minimum atomic E-state index is -1.57. The van der Waals surface area contributed by atoms with E-state index in [9.17, 15) is 30.6 Å². The van der Waals surface area contributed by atoms with Gasteiger partial charge >= 0.3 is 0 Å². The number of aliphatic hydroxyl groups excluding tert-OH is 6. The highest BCUT2D eigenvalue weighted by Crippen LogP contribution is 2.27. The maximum atomic E-state index is 10.3. The maximum Gasteiger partial charge on any atom is 0.229 e. The fraction of sp³-hybridized carbons (Fsp3) is 0.619. The molecule has 2 aliphatic rings. The Kier molecular flexibility index (Phi) is 8.03. The highest BCUT2D eigenvalue weighted by atomic mass is 16.7. The second kappa shape index (κ2) is 10.3. The monoisotopic (exact) mass is 442 g/mol. The minimum absolute atomic E-state index is 0.347. The smallest absolute Gasteiger partial charge is 0.229 e. The Morgan fingerprint density at radius 3 is 2.10 bits per heavy atom. The van der Waals surface area contributed by atoms with E-state index in [2.05, 4.69) is 6.58 Å². The first-order chi connectivity index (χ1) is 14.7. The average molecular weight is 442 g/mol. The van der Waals surface area contributed by atoms with Crippen LogP contribution < -0.4 is 4.74 Å². The Labute approximate surface area is 179 Å². The van der Waals surface area contributed by atoms with E-state index < -0.39 is 61.4 Å². The molecule has 1 aromatic rings. The molecule has 0 unspecified atom stereocenters. The Morgan fingerprint density at radius 2 is 1.45 bits per heavy atom. The third-order valence-corrected chi connectivity index (χ3v) is 5.46. The van der Waals surface area contributed by atoms with Crippen LogP contribution in [0.3, 0.4) is 0 Å². The normalized spacial score (nSPS) is 41.0. The number of allylic oxidation sites excluding steroid dienone is 1. The third-order valence-electron chi connectivity index (χ3n) is 5.46. The molecule has 2 heterocycles. The van der Waals surface area contributed by atoms with E-state index in [0.717, 1.165) is 5.56 Å². The summed E-state index contributed by atoms with van der Waals surface area (Å²) >= 11 is 0. The first-order valence-electron chi connectivity index (χ1n) is 10.1. The van der Waals surface area contributed by atoms with Crippen LogP contribution in [0, 0.1) is 0 Å². The van der Waals surface area contributed by atoms with Crippen molar-refractivity contribution in [1.82, 2.24) is 0 Å². The third kappa shape index (κ3) is 5.43. The van der Waals surface area contributed by atoms with Gasteiger partial charge in [0.15, 0.2) is 6.29 Å². The summed E-state index contributed by atoms with van der Waals surface area (Å²) in [4.78, 5) is 0. The Hall–Kier alpha value is -1.60. The highest BCUT2D eigenvalue weighted by Gasteiger charge is 2.47. The molecule has 2 aliphatic heterocycles. The lowest BCUT2D eigenvalue weighted by Gasteiger charge is -2.42. The van der Waals surface area contributed by atoms with Gasteiger partial charge in [-0.15, -0.1) is 6.58 Å². The molecule has 10 nitrogen and oxygen atoms in total. The molecule has 174 valence electrons.